The van der Waals surface area contributed by atoms with Crippen molar-refractivity contribution in [3.05, 3.63) is 45.8 Å². The molecule has 42 heavy (non-hydrogen) atoms. The number of nitrogens with one attached hydrogen (secondary N) is 1. The van der Waals surface area contributed by atoms with E-state index in [1.165, 1.54) is 47.0 Å². The summed E-state index contributed by atoms with van der Waals surface area (Å²) in [6.45, 7) is 7.86. The smallest absolute Gasteiger partial charge is 0.308 e. The summed E-state index contributed by atoms with van der Waals surface area (Å²) in [7, 11) is -2.43. The first kappa shape index (κ1) is 30.7. The van der Waals surface area contributed by atoms with Crippen LogP contribution < -0.4 is 5.32 Å². The molecular weight excluding hydrogens is 576 g/mol. The molecule has 3 aliphatic rings. The molecule has 0 atom stereocenters. The van der Waals surface area contributed by atoms with Crippen molar-refractivity contribution in [2.75, 3.05) is 45.2 Å². The summed E-state index contributed by atoms with van der Waals surface area (Å²) in [6.07, 6.45) is 4.67. The number of ether oxygens (including phenoxy) is 1. The van der Waals surface area contributed by atoms with E-state index < -0.39 is 10.0 Å². The van der Waals surface area contributed by atoms with Crippen molar-refractivity contribution in [3.63, 3.8) is 0 Å². The second kappa shape index (κ2) is 12.8. The Kier molecular flexibility index (Phi) is 9.36. The number of sulfonamides is 1. The Morgan fingerprint density at radius 3 is 2.26 bits per heavy atom. The van der Waals surface area contributed by atoms with E-state index in [1.54, 1.807) is 0 Å². The zero-order chi connectivity index (χ0) is 30.0. The monoisotopic (exact) mass is 616 g/mol. The van der Waals surface area contributed by atoms with Crippen LogP contribution in [0.25, 0.3) is 0 Å². The lowest BCUT2D eigenvalue weighted by Gasteiger charge is -2.31. The van der Waals surface area contributed by atoms with Crippen LogP contribution in [0.5, 0.6) is 0 Å². The molecule has 12 heteroatoms. The Labute approximate surface area is 252 Å². The van der Waals surface area contributed by atoms with Crippen molar-refractivity contribution in [2.45, 2.75) is 69.9 Å². The van der Waals surface area contributed by atoms with E-state index in [9.17, 15) is 22.8 Å². The zero-order valence-corrected chi connectivity index (χ0v) is 26.2. The van der Waals surface area contributed by atoms with Gasteiger partial charge in [0.15, 0.2) is 0 Å². The molecular formula is C30H40N4O6S2. The number of rotatable bonds is 7. The summed E-state index contributed by atoms with van der Waals surface area (Å²) >= 11 is 1.47. The molecule has 2 amide bonds. The zero-order valence-electron chi connectivity index (χ0n) is 24.6. The predicted octanol–water partition coefficient (Wildman–Crippen LogP) is 3.97. The van der Waals surface area contributed by atoms with Gasteiger partial charge in [-0.2, -0.15) is 4.31 Å². The van der Waals surface area contributed by atoms with E-state index in [4.69, 9.17) is 4.74 Å². The van der Waals surface area contributed by atoms with Gasteiger partial charge in [0, 0.05) is 55.8 Å². The maximum Gasteiger partial charge on any atom is 0.308 e. The largest absolute Gasteiger partial charge is 0.469 e. The Morgan fingerprint density at radius 2 is 1.64 bits per heavy atom. The topological polar surface area (TPSA) is 116 Å². The standard InChI is InChI=1S/C30H40N4O6S2/c1-20(2)33-16-13-24-25(19-33)41-28(26(24)29(36)32-14-5-4-6-15-32)31-27(35)21-7-9-23(10-8-21)42(38,39)34-17-11-22(12-18-34)30(37)40-3/h7-10,20,22H,4-6,11-19H2,1-3H3,(H,31,35). The quantitative estimate of drug-likeness (QED) is 0.468. The van der Waals surface area contributed by atoms with Gasteiger partial charge in [0.1, 0.15) is 5.00 Å². The lowest BCUT2D eigenvalue weighted by Crippen LogP contribution is -2.40. The number of hydrogen-bond acceptors (Lipinski definition) is 8. The predicted molar refractivity (Wildman–Crippen MR) is 161 cm³/mol. The molecule has 4 heterocycles. The van der Waals surface area contributed by atoms with Crippen LogP contribution in [0, 0.1) is 5.92 Å². The third-order valence-corrected chi connectivity index (χ3v) is 11.7. The molecule has 5 rings (SSSR count). The van der Waals surface area contributed by atoms with E-state index in [-0.39, 0.29) is 41.7 Å². The highest BCUT2D eigenvalue weighted by Crippen LogP contribution is 2.39. The van der Waals surface area contributed by atoms with Gasteiger partial charge in [0.25, 0.3) is 11.8 Å². The molecule has 0 unspecified atom stereocenters. The molecule has 0 bridgehead atoms. The summed E-state index contributed by atoms with van der Waals surface area (Å²) in [6, 6.07) is 6.27. The van der Waals surface area contributed by atoms with Gasteiger partial charge in [0.2, 0.25) is 10.0 Å². The summed E-state index contributed by atoms with van der Waals surface area (Å²) in [4.78, 5) is 44.4. The van der Waals surface area contributed by atoms with Crippen LogP contribution in [0.3, 0.4) is 0 Å². The van der Waals surface area contributed by atoms with E-state index >= 15 is 0 Å². The van der Waals surface area contributed by atoms with Crippen LogP contribution in [0.1, 0.15) is 77.1 Å². The second-order valence-electron chi connectivity index (χ2n) is 11.6. The number of amides is 2. The number of nitrogens with zero attached hydrogens (tertiary/aromatic N) is 3. The first-order valence-electron chi connectivity index (χ1n) is 14.8. The minimum Gasteiger partial charge on any atom is -0.469 e. The summed E-state index contributed by atoms with van der Waals surface area (Å²) in [5.41, 5.74) is 1.97. The van der Waals surface area contributed by atoms with Gasteiger partial charge in [-0.05, 0) is 82.2 Å². The van der Waals surface area contributed by atoms with Gasteiger partial charge < -0.3 is 15.0 Å². The number of anilines is 1. The Balaban J connectivity index is 1.33. The number of benzene rings is 1. The van der Waals surface area contributed by atoms with E-state index in [0.717, 1.165) is 62.3 Å². The van der Waals surface area contributed by atoms with E-state index in [2.05, 4.69) is 24.1 Å². The minimum atomic E-state index is -3.77. The minimum absolute atomic E-state index is 0.0158. The number of carbonyl (C=O) groups excluding carboxylic acids is 3. The fourth-order valence-electron chi connectivity index (χ4n) is 6.03. The highest BCUT2D eigenvalue weighted by molar-refractivity contribution is 7.89. The Morgan fingerprint density at radius 1 is 0.976 bits per heavy atom. The van der Waals surface area contributed by atoms with Crippen LogP contribution in [-0.4, -0.2) is 86.2 Å². The number of thiophene rings is 1. The maximum absolute atomic E-state index is 13.7. The first-order valence-corrected chi connectivity index (χ1v) is 17.0. The molecule has 2 saturated heterocycles. The molecule has 0 radical (unpaired) electrons. The molecule has 228 valence electrons. The second-order valence-corrected chi connectivity index (χ2v) is 14.6. The molecule has 1 aromatic heterocycles. The molecule has 3 aliphatic heterocycles. The van der Waals surface area contributed by atoms with Crippen molar-refractivity contribution in [3.8, 4) is 0 Å². The van der Waals surface area contributed by atoms with Crippen molar-refractivity contribution in [2.24, 2.45) is 5.92 Å². The molecule has 1 aromatic carbocycles. The molecule has 0 spiro atoms. The normalized spacial score (nSPS) is 19.0. The van der Waals surface area contributed by atoms with Gasteiger partial charge in [-0.3, -0.25) is 19.3 Å². The highest BCUT2D eigenvalue weighted by Gasteiger charge is 2.34. The summed E-state index contributed by atoms with van der Waals surface area (Å²) in [5, 5.41) is 3.57. The fourth-order valence-corrected chi connectivity index (χ4v) is 8.76. The number of esters is 1. The van der Waals surface area contributed by atoms with Crippen molar-refractivity contribution in [1.29, 1.82) is 0 Å². The number of fused-ring (bicyclic) bond motifs is 1. The molecule has 2 fully saturated rings. The van der Waals surface area contributed by atoms with Crippen LogP contribution in [0.4, 0.5) is 5.00 Å². The van der Waals surface area contributed by atoms with E-state index in [1.807, 2.05) is 4.90 Å². The lowest BCUT2D eigenvalue weighted by atomic mass is 9.99. The lowest BCUT2D eigenvalue weighted by molar-refractivity contribution is -0.146. The molecule has 1 N–H and O–H groups in total. The van der Waals surface area contributed by atoms with Gasteiger partial charge >= 0.3 is 5.97 Å². The van der Waals surface area contributed by atoms with E-state index in [0.29, 0.717) is 35.0 Å². The molecule has 0 aliphatic carbocycles. The average Bonchev–Trinajstić information content (AvgIpc) is 3.37. The Bertz CT molecular complexity index is 1420. The van der Waals surface area contributed by atoms with Gasteiger partial charge in [-0.15, -0.1) is 11.3 Å². The number of piperidine rings is 2. The molecule has 0 saturated carbocycles. The summed E-state index contributed by atoms with van der Waals surface area (Å²) < 4.78 is 32.6. The van der Waals surface area contributed by atoms with Crippen molar-refractivity contribution >= 4 is 44.1 Å². The van der Waals surface area contributed by atoms with Crippen molar-refractivity contribution in [1.82, 2.24) is 14.1 Å². The maximum atomic E-state index is 13.7. The van der Waals surface area contributed by atoms with Gasteiger partial charge in [0.05, 0.1) is 23.5 Å². The van der Waals surface area contributed by atoms with Crippen LogP contribution in [-0.2, 0) is 32.5 Å². The number of hydrogen-bond donors (Lipinski definition) is 1. The molecule has 2 aromatic rings. The molecule has 10 nitrogen and oxygen atoms in total. The van der Waals surface area contributed by atoms with Crippen LogP contribution in [0.15, 0.2) is 29.2 Å². The first-order chi connectivity index (χ1) is 20.1. The Hall–Kier alpha value is -2.80. The summed E-state index contributed by atoms with van der Waals surface area (Å²) in [5.74, 6) is -1.01. The van der Waals surface area contributed by atoms with Gasteiger partial charge in [-0.25, -0.2) is 8.42 Å². The number of carbonyl (C=O) groups is 3. The third-order valence-electron chi connectivity index (χ3n) is 8.64. The fraction of sp³-hybridized carbons (Fsp3) is 0.567. The van der Waals surface area contributed by atoms with Gasteiger partial charge in [-0.1, -0.05) is 0 Å². The van der Waals surface area contributed by atoms with Crippen LogP contribution >= 0.6 is 11.3 Å². The number of methoxy groups -OCH3 is 1. The number of likely N-dealkylation sites (tertiary alicyclic amines) is 1. The van der Waals surface area contributed by atoms with Crippen LogP contribution in [0.2, 0.25) is 0 Å². The highest BCUT2D eigenvalue weighted by atomic mass is 32.2. The third kappa shape index (κ3) is 6.27. The SMILES string of the molecule is COC(=O)C1CCN(S(=O)(=O)c2ccc(C(=O)Nc3sc4c(c3C(=O)N3CCCCC3)CCN(C(C)C)C4)cc2)CC1. The van der Waals surface area contributed by atoms with Crippen molar-refractivity contribution < 1.29 is 27.5 Å². The average molecular weight is 617 g/mol.